The van der Waals surface area contributed by atoms with E-state index in [9.17, 15) is 9.59 Å². The van der Waals surface area contributed by atoms with Gasteiger partial charge >= 0.3 is 12.1 Å². The second kappa shape index (κ2) is 5.89. The van der Waals surface area contributed by atoms with Crippen LogP contribution in [-0.2, 0) is 14.3 Å². The third-order valence-electron chi connectivity index (χ3n) is 1.26. The molecule has 0 rings (SSSR count). The molecule has 0 aliphatic rings. The summed E-state index contributed by atoms with van der Waals surface area (Å²) in [5.41, 5.74) is 0. The van der Waals surface area contributed by atoms with E-state index in [4.69, 9.17) is 6.42 Å². The molecule has 0 N–H and O–H groups in total. The highest BCUT2D eigenvalue weighted by atomic mass is 16.5. The van der Waals surface area contributed by atoms with E-state index < -0.39 is 12.1 Å². The lowest BCUT2D eigenvalue weighted by atomic mass is 10.5. The number of ether oxygens (including phenoxy) is 2. The van der Waals surface area contributed by atoms with Crippen LogP contribution in [0, 0.1) is 12.3 Å². The molecule has 1 amide bonds. The van der Waals surface area contributed by atoms with Gasteiger partial charge in [0.25, 0.3) is 0 Å². The lowest BCUT2D eigenvalue weighted by Crippen LogP contribution is -2.36. The SMILES string of the molecule is C#CCN(CC(=O)OC)C(=O)OC. The Kier molecular flexibility index (Phi) is 5.12. The largest absolute Gasteiger partial charge is 0.468 e. The molecule has 0 heterocycles. The first-order valence-electron chi connectivity index (χ1n) is 3.48. The van der Waals surface area contributed by atoms with Crippen LogP contribution >= 0.6 is 0 Å². The summed E-state index contributed by atoms with van der Waals surface area (Å²) in [4.78, 5) is 22.8. The number of methoxy groups -OCH3 is 2. The molecule has 0 radical (unpaired) electrons. The molecule has 5 nitrogen and oxygen atoms in total. The van der Waals surface area contributed by atoms with Gasteiger partial charge in [-0.3, -0.25) is 9.69 Å². The minimum Gasteiger partial charge on any atom is -0.468 e. The highest BCUT2D eigenvalue weighted by Crippen LogP contribution is 1.92. The zero-order valence-corrected chi connectivity index (χ0v) is 7.57. The van der Waals surface area contributed by atoms with Crippen LogP contribution in [0.1, 0.15) is 0 Å². The number of esters is 1. The molecule has 0 atom stereocenters. The topological polar surface area (TPSA) is 55.8 Å². The molecular formula is C8H11NO4. The van der Waals surface area contributed by atoms with Crippen molar-refractivity contribution in [3.05, 3.63) is 0 Å². The van der Waals surface area contributed by atoms with Gasteiger partial charge in [-0.2, -0.15) is 0 Å². The Morgan fingerprint density at radius 1 is 1.38 bits per heavy atom. The first-order valence-corrected chi connectivity index (χ1v) is 3.48. The van der Waals surface area contributed by atoms with Crippen molar-refractivity contribution in [2.45, 2.75) is 0 Å². The van der Waals surface area contributed by atoms with Gasteiger partial charge in [-0.15, -0.1) is 6.42 Å². The van der Waals surface area contributed by atoms with Crippen molar-refractivity contribution in [2.75, 3.05) is 27.3 Å². The summed E-state index contributed by atoms with van der Waals surface area (Å²) in [6, 6.07) is 0. The molecule has 0 saturated carbocycles. The van der Waals surface area contributed by atoms with E-state index in [1.165, 1.54) is 14.2 Å². The van der Waals surface area contributed by atoms with E-state index in [0.717, 1.165) is 4.90 Å². The van der Waals surface area contributed by atoms with Crippen LogP contribution in [0.3, 0.4) is 0 Å². The molecule has 13 heavy (non-hydrogen) atoms. The van der Waals surface area contributed by atoms with E-state index in [0.29, 0.717) is 0 Å². The third kappa shape index (κ3) is 4.01. The predicted octanol–water partition coefficient (Wildman–Crippen LogP) is -0.139. The van der Waals surface area contributed by atoms with Crippen LogP contribution in [0.4, 0.5) is 4.79 Å². The van der Waals surface area contributed by atoms with E-state index in [1.807, 2.05) is 0 Å². The summed E-state index contributed by atoms with van der Waals surface area (Å²) in [6.45, 7) is -0.185. The molecule has 0 spiro atoms. The highest BCUT2D eigenvalue weighted by molar-refractivity contribution is 5.78. The van der Waals surface area contributed by atoms with E-state index >= 15 is 0 Å². The molecule has 0 fully saturated rings. The van der Waals surface area contributed by atoms with Gasteiger partial charge in [-0.25, -0.2) is 4.79 Å². The molecule has 0 aromatic carbocycles. The molecule has 72 valence electrons. The molecule has 0 bridgehead atoms. The molecule has 0 saturated heterocycles. The van der Waals surface area contributed by atoms with Gasteiger partial charge in [-0.1, -0.05) is 5.92 Å². The number of amides is 1. The third-order valence-corrected chi connectivity index (χ3v) is 1.26. The molecular weight excluding hydrogens is 174 g/mol. The summed E-state index contributed by atoms with van der Waals surface area (Å²) < 4.78 is 8.76. The Hall–Kier alpha value is -1.70. The molecule has 0 aliphatic carbocycles. The van der Waals surface area contributed by atoms with Crippen LogP contribution < -0.4 is 0 Å². The Morgan fingerprint density at radius 3 is 2.38 bits per heavy atom. The fraction of sp³-hybridized carbons (Fsp3) is 0.500. The number of carbonyl (C=O) groups is 2. The van der Waals surface area contributed by atoms with Crippen molar-refractivity contribution >= 4 is 12.1 Å². The summed E-state index contributed by atoms with van der Waals surface area (Å²) in [5, 5.41) is 0. The lowest BCUT2D eigenvalue weighted by molar-refractivity contribution is -0.141. The zero-order valence-electron chi connectivity index (χ0n) is 7.57. The average Bonchev–Trinajstić information content (AvgIpc) is 2.15. The molecule has 0 aliphatic heterocycles. The number of hydrogen-bond donors (Lipinski definition) is 0. The summed E-state index contributed by atoms with van der Waals surface area (Å²) in [7, 11) is 2.44. The fourth-order valence-electron chi connectivity index (χ4n) is 0.645. The second-order valence-corrected chi connectivity index (χ2v) is 2.11. The molecule has 0 aromatic heterocycles. The first-order chi connectivity index (χ1) is 6.15. The van der Waals surface area contributed by atoms with Gasteiger partial charge < -0.3 is 9.47 Å². The fourth-order valence-corrected chi connectivity index (χ4v) is 0.645. The van der Waals surface area contributed by atoms with Crippen molar-refractivity contribution in [1.82, 2.24) is 4.90 Å². The maximum atomic E-state index is 11.0. The summed E-state index contributed by atoms with van der Waals surface area (Å²) >= 11 is 0. The normalized spacial score (nSPS) is 8.38. The first kappa shape index (κ1) is 11.3. The van der Waals surface area contributed by atoms with Gasteiger partial charge in [0.1, 0.15) is 6.54 Å². The lowest BCUT2D eigenvalue weighted by Gasteiger charge is -2.16. The zero-order chi connectivity index (χ0) is 10.3. The van der Waals surface area contributed by atoms with E-state index in [2.05, 4.69) is 15.4 Å². The van der Waals surface area contributed by atoms with Crippen LogP contribution in [-0.4, -0.2) is 44.3 Å². The standard InChI is InChI=1S/C8H11NO4/c1-4-5-9(8(11)13-3)6-7(10)12-2/h1H,5-6H2,2-3H3. The van der Waals surface area contributed by atoms with E-state index in [-0.39, 0.29) is 13.1 Å². The summed E-state index contributed by atoms with van der Waals surface area (Å²) in [5.74, 6) is 1.69. The van der Waals surface area contributed by atoms with Gasteiger partial charge in [0.05, 0.1) is 20.8 Å². The molecule has 0 aromatic rings. The number of carbonyl (C=O) groups excluding carboxylic acids is 2. The van der Waals surface area contributed by atoms with Gasteiger partial charge in [0, 0.05) is 0 Å². The molecule has 0 unspecified atom stereocenters. The Bertz CT molecular complexity index is 231. The maximum Gasteiger partial charge on any atom is 0.410 e. The van der Waals surface area contributed by atoms with E-state index in [1.54, 1.807) is 0 Å². The number of nitrogens with zero attached hydrogens (tertiary/aromatic N) is 1. The quantitative estimate of drug-likeness (QED) is 0.453. The van der Waals surface area contributed by atoms with Crippen molar-refractivity contribution in [3.8, 4) is 12.3 Å². The van der Waals surface area contributed by atoms with Gasteiger partial charge in [-0.05, 0) is 0 Å². The molecule has 5 heteroatoms. The second-order valence-electron chi connectivity index (χ2n) is 2.11. The van der Waals surface area contributed by atoms with Crippen LogP contribution in [0.25, 0.3) is 0 Å². The minimum absolute atomic E-state index is 0.0156. The van der Waals surface area contributed by atoms with Crippen molar-refractivity contribution < 1.29 is 19.1 Å². The Morgan fingerprint density at radius 2 is 2.00 bits per heavy atom. The maximum absolute atomic E-state index is 11.0. The number of terminal acetylenes is 1. The monoisotopic (exact) mass is 185 g/mol. The highest BCUT2D eigenvalue weighted by Gasteiger charge is 2.16. The average molecular weight is 185 g/mol. The van der Waals surface area contributed by atoms with Crippen molar-refractivity contribution in [2.24, 2.45) is 0 Å². The number of hydrogen-bond acceptors (Lipinski definition) is 4. The smallest absolute Gasteiger partial charge is 0.410 e. The summed E-state index contributed by atoms with van der Waals surface area (Å²) in [6.07, 6.45) is 4.34. The Balaban J connectivity index is 4.18. The number of rotatable bonds is 3. The van der Waals surface area contributed by atoms with Crippen LogP contribution in [0.2, 0.25) is 0 Å². The van der Waals surface area contributed by atoms with Crippen LogP contribution in [0.15, 0.2) is 0 Å². The van der Waals surface area contributed by atoms with Crippen molar-refractivity contribution in [3.63, 3.8) is 0 Å². The predicted molar refractivity (Wildman–Crippen MR) is 44.8 cm³/mol. The minimum atomic E-state index is -0.650. The van der Waals surface area contributed by atoms with Crippen LogP contribution in [0.5, 0.6) is 0 Å². The van der Waals surface area contributed by atoms with Crippen molar-refractivity contribution in [1.29, 1.82) is 0 Å². The van der Waals surface area contributed by atoms with Gasteiger partial charge in [0.15, 0.2) is 0 Å². The Labute approximate surface area is 76.6 Å². The van der Waals surface area contributed by atoms with Gasteiger partial charge in [0.2, 0.25) is 0 Å².